The molecule has 0 radical (unpaired) electrons. The van der Waals surface area contributed by atoms with Gasteiger partial charge >= 0.3 is 0 Å². The lowest BCUT2D eigenvalue weighted by molar-refractivity contribution is 0.102. The van der Waals surface area contributed by atoms with Crippen molar-refractivity contribution in [2.45, 2.75) is 23.6 Å². The second-order valence-corrected chi connectivity index (χ2v) is 13.4. The molecular weight excluding hydrogens is 617 g/mol. The molecule has 4 rings (SSSR count). The van der Waals surface area contributed by atoms with E-state index in [-0.39, 0.29) is 41.8 Å². The lowest BCUT2D eigenvalue weighted by Gasteiger charge is -2.14. The summed E-state index contributed by atoms with van der Waals surface area (Å²) in [5.41, 5.74) is 2.56. The molecule has 8 nitrogen and oxygen atoms in total. The van der Waals surface area contributed by atoms with Crippen molar-refractivity contribution in [1.29, 1.82) is 0 Å². The molecule has 0 heterocycles. The predicted molar refractivity (Wildman–Crippen MR) is 160 cm³/mol. The Morgan fingerprint density at radius 1 is 0.700 bits per heavy atom. The molecule has 4 aromatic carbocycles. The fraction of sp³-hybridized carbons (Fsp3) is 0.0741. The molecule has 0 aromatic heterocycles. The van der Waals surface area contributed by atoms with Crippen LogP contribution < -0.4 is 14.8 Å². The summed E-state index contributed by atoms with van der Waals surface area (Å²) in [6, 6.07) is 18.8. The Bertz CT molecular complexity index is 1810. The van der Waals surface area contributed by atoms with E-state index in [1.54, 1.807) is 19.1 Å². The molecule has 0 aliphatic heterocycles. The first-order valence-corrected chi connectivity index (χ1v) is 15.6. The summed E-state index contributed by atoms with van der Waals surface area (Å²) in [6.45, 7) is 3.65. The maximum Gasteiger partial charge on any atom is 0.263 e. The number of hydrogen-bond acceptors (Lipinski definition) is 5. The van der Waals surface area contributed by atoms with E-state index in [0.717, 1.165) is 11.1 Å². The molecule has 0 fully saturated rings. The minimum absolute atomic E-state index is 0.0296. The minimum Gasteiger partial charge on any atom is -0.322 e. The Morgan fingerprint density at radius 3 is 2.00 bits per heavy atom. The molecule has 3 N–H and O–H groups in total. The normalized spacial score (nSPS) is 11.6. The molecule has 0 spiro atoms. The molecule has 1 amide bonds. The van der Waals surface area contributed by atoms with Crippen molar-refractivity contribution in [2.24, 2.45) is 0 Å². The molecule has 0 aliphatic rings. The second-order valence-electron chi connectivity index (χ2n) is 8.74. The summed E-state index contributed by atoms with van der Waals surface area (Å²) in [5, 5.41) is 3.09. The predicted octanol–water partition coefficient (Wildman–Crippen LogP) is 7.12. The van der Waals surface area contributed by atoms with Crippen molar-refractivity contribution >= 4 is 77.8 Å². The minimum atomic E-state index is -4.12. The lowest BCUT2D eigenvalue weighted by Crippen LogP contribution is -2.17. The van der Waals surface area contributed by atoms with Gasteiger partial charge in [0.05, 0.1) is 21.3 Å². The van der Waals surface area contributed by atoms with Gasteiger partial charge in [-0.1, -0.05) is 46.9 Å². The third-order valence-corrected chi connectivity index (χ3v) is 9.55. The molecule has 0 atom stereocenters. The average molecular weight is 639 g/mol. The van der Waals surface area contributed by atoms with Crippen molar-refractivity contribution in [3.05, 3.63) is 111 Å². The van der Waals surface area contributed by atoms with Crippen LogP contribution in [0, 0.1) is 13.8 Å². The number of anilines is 3. The van der Waals surface area contributed by atoms with Gasteiger partial charge < -0.3 is 5.32 Å². The number of amides is 1. The molecule has 0 saturated carbocycles. The van der Waals surface area contributed by atoms with Crippen LogP contribution in [-0.2, 0) is 20.0 Å². The summed E-state index contributed by atoms with van der Waals surface area (Å²) in [4.78, 5) is 12.6. The largest absolute Gasteiger partial charge is 0.322 e. The molecule has 4 aromatic rings. The van der Waals surface area contributed by atoms with E-state index in [2.05, 4.69) is 14.8 Å². The highest BCUT2D eigenvalue weighted by molar-refractivity contribution is 7.93. The number of rotatable bonds is 8. The van der Waals surface area contributed by atoms with Gasteiger partial charge in [0.2, 0.25) is 0 Å². The smallest absolute Gasteiger partial charge is 0.263 e. The number of nitrogens with one attached hydrogen (secondary N) is 3. The zero-order valence-corrected chi connectivity index (χ0v) is 24.9. The molecule has 40 heavy (non-hydrogen) atoms. The first kappa shape index (κ1) is 29.7. The Balaban J connectivity index is 1.51. The fourth-order valence-electron chi connectivity index (χ4n) is 3.66. The van der Waals surface area contributed by atoms with Crippen molar-refractivity contribution < 1.29 is 21.6 Å². The van der Waals surface area contributed by atoms with Gasteiger partial charge in [0.1, 0.15) is 4.90 Å². The monoisotopic (exact) mass is 637 g/mol. The second kappa shape index (κ2) is 11.7. The Morgan fingerprint density at radius 2 is 1.35 bits per heavy atom. The van der Waals surface area contributed by atoms with Gasteiger partial charge in [0, 0.05) is 21.3 Å². The summed E-state index contributed by atoms with van der Waals surface area (Å²) in [5.74, 6) is -0.623. The summed E-state index contributed by atoms with van der Waals surface area (Å²) in [7, 11) is -8.09. The zero-order valence-electron chi connectivity index (χ0n) is 21.0. The number of benzene rings is 4. The van der Waals surface area contributed by atoms with Crippen molar-refractivity contribution in [3.63, 3.8) is 0 Å². The van der Waals surface area contributed by atoms with E-state index in [4.69, 9.17) is 34.8 Å². The van der Waals surface area contributed by atoms with E-state index >= 15 is 0 Å². The molecule has 0 bridgehead atoms. The van der Waals surface area contributed by atoms with Gasteiger partial charge in [0.15, 0.2) is 0 Å². The third-order valence-electron chi connectivity index (χ3n) is 5.87. The molecule has 0 saturated heterocycles. The SMILES string of the molecule is Cc1cccc(NS(=O)(=O)c2cc(C(=O)Nc3ccc(S(=O)(=O)Nc4cc(Cl)cc(Cl)c4)cc3)ccc2Cl)c1C. The molecule has 13 heteroatoms. The average Bonchev–Trinajstić information content (AvgIpc) is 2.86. The number of sulfonamides is 2. The lowest BCUT2D eigenvalue weighted by atomic mass is 10.1. The highest BCUT2D eigenvalue weighted by Crippen LogP contribution is 2.28. The standard InChI is InChI=1S/C27H22Cl3N3O5S2/c1-16-4-3-5-25(17(16)2)33-40(37,38)26-12-18(6-11-24(26)30)27(34)31-21-7-9-23(10-8-21)39(35,36)32-22-14-19(28)13-20(29)15-22/h3-15,32-33H,1-2H3,(H,31,34). The number of aryl methyl sites for hydroxylation is 1. The number of hydrogen-bond donors (Lipinski definition) is 3. The summed E-state index contributed by atoms with van der Waals surface area (Å²) >= 11 is 18.1. The zero-order chi connectivity index (χ0) is 29.2. The van der Waals surface area contributed by atoms with Crippen LogP contribution in [-0.4, -0.2) is 22.7 Å². The van der Waals surface area contributed by atoms with Crippen LogP contribution in [0.3, 0.4) is 0 Å². The van der Waals surface area contributed by atoms with Crippen LogP contribution in [0.1, 0.15) is 21.5 Å². The van der Waals surface area contributed by atoms with Crippen LogP contribution in [0.25, 0.3) is 0 Å². The van der Waals surface area contributed by atoms with E-state index in [1.165, 1.54) is 60.7 Å². The fourth-order valence-corrected chi connectivity index (χ4v) is 6.88. The first-order valence-electron chi connectivity index (χ1n) is 11.5. The van der Waals surface area contributed by atoms with Gasteiger partial charge in [-0.05, 0) is 91.7 Å². The van der Waals surface area contributed by atoms with E-state index in [9.17, 15) is 21.6 Å². The van der Waals surface area contributed by atoms with Crippen molar-refractivity contribution in [1.82, 2.24) is 0 Å². The maximum atomic E-state index is 13.1. The van der Waals surface area contributed by atoms with Gasteiger partial charge in [-0.2, -0.15) is 0 Å². The van der Waals surface area contributed by atoms with Gasteiger partial charge in [0.25, 0.3) is 26.0 Å². The van der Waals surface area contributed by atoms with Gasteiger partial charge in [-0.3, -0.25) is 14.2 Å². The summed E-state index contributed by atoms with van der Waals surface area (Å²) in [6.07, 6.45) is 0. The van der Waals surface area contributed by atoms with Crippen LogP contribution in [0.5, 0.6) is 0 Å². The highest BCUT2D eigenvalue weighted by atomic mass is 35.5. The quantitative estimate of drug-likeness (QED) is 0.190. The third kappa shape index (κ3) is 6.89. The topological polar surface area (TPSA) is 121 Å². The van der Waals surface area contributed by atoms with Crippen molar-refractivity contribution in [2.75, 3.05) is 14.8 Å². The maximum absolute atomic E-state index is 13.1. The Labute approximate surface area is 247 Å². The Kier molecular flexibility index (Phi) is 8.67. The van der Waals surface area contributed by atoms with Gasteiger partial charge in [-0.25, -0.2) is 16.8 Å². The van der Waals surface area contributed by atoms with Crippen LogP contribution >= 0.6 is 34.8 Å². The first-order chi connectivity index (χ1) is 18.7. The molecular formula is C27H22Cl3N3O5S2. The van der Waals surface area contributed by atoms with Crippen LogP contribution in [0.15, 0.2) is 88.7 Å². The van der Waals surface area contributed by atoms with Crippen LogP contribution in [0.4, 0.5) is 17.1 Å². The Hall–Kier alpha value is -3.28. The molecule has 0 aliphatic carbocycles. The van der Waals surface area contributed by atoms with Crippen molar-refractivity contribution in [3.8, 4) is 0 Å². The number of halogens is 3. The van der Waals surface area contributed by atoms with E-state index in [1.807, 2.05) is 13.0 Å². The number of carbonyl (C=O) groups excluding carboxylic acids is 1. The van der Waals surface area contributed by atoms with E-state index < -0.39 is 26.0 Å². The van der Waals surface area contributed by atoms with Gasteiger partial charge in [-0.15, -0.1) is 0 Å². The number of carbonyl (C=O) groups is 1. The van der Waals surface area contributed by atoms with E-state index in [0.29, 0.717) is 5.69 Å². The summed E-state index contributed by atoms with van der Waals surface area (Å²) < 4.78 is 56.6. The van der Waals surface area contributed by atoms with Crippen LogP contribution in [0.2, 0.25) is 15.1 Å². The molecule has 208 valence electrons. The molecule has 0 unspecified atom stereocenters. The highest BCUT2D eigenvalue weighted by Gasteiger charge is 2.22.